The maximum absolute atomic E-state index is 12.9. The molecule has 0 bridgehead atoms. The highest BCUT2D eigenvalue weighted by Gasteiger charge is 2.23. The number of nitrogens with zero attached hydrogens (tertiary/aromatic N) is 2. The second-order valence-electron chi connectivity index (χ2n) is 7.19. The number of hydrogen-bond acceptors (Lipinski definition) is 3. The second kappa shape index (κ2) is 10.5. The van der Waals surface area contributed by atoms with E-state index in [1.807, 2.05) is 93.2 Å². The molecule has 2 rings (SSSR count). The van der Waals surface area contributed by atoms with Crippen LogP contribution in [-0.2, 0) is 11.3 Å². The molecule has 6 nitrogen and oxygen atoms in total. The van der Waals surface area contributed by atoms with E-state index in [2.05, 4.69) is 10.6 Å². The lowest BCUT2D eigenvalue weighted by Gasteiger charge is -2.31. The van der Waals surface area contributed by atoms with Crippen LogP contribution in [0.5, 0.6) is 0 Å². The van der Waals surface area contributed by atoms with Crippen molar-refractivity contribution in [1.82, 2.24) is 10.2 Å². The molecule has 3 amide bonds. The van der Waals surface area contributed by atoms with Crippen LogP contribution in [-0.4, -0.2) is 37.5 Å². The summed E-state index contributed by atoms with van der Waals surface area (Å²) >= 11 is 0. The molecular formula is C23H32N4O2. The van der Waals surface area contributed by atoms with Gasteiger partial charge in [-0.1, -0.05) is 37.3 Å². The number of benzene rings is 2. The Hall–Kier alpha value is -3.02. The maximum Gasteiger partial charge on any atom is 0.318 e. The van der Waals surface area contributed by atoms with Crippen LogP contribution in [0.1, 0.15) is 44.4 Å². The fraction of sp³-hybridized carbons (Fsp3) is 0.391. The highest BCUT2D eigenvalue weighted by atomic mass is 16.2. The van der Waals surface area contributed by atoms with E-state index >= 15 is 0 Å². The molecule has 6 heteroatoms. The molecule has 0 spiro atoms. The van der Waals surface area contributed by atoms with Gasteiger partial charge in [0.15, 0.2) is 0 Å². The fourth-order valence-corrected chi connectivity index (χ4v) is 3.21. The molecule has 0 aromatic heterocycles. The van der Waals surface area contributed by atoms with Crippen molar-refractivity contribution < 1.29 is 9.59 Å². The summed E-state index contributed by atoms with van der Waals surface area (Å²) in [6.07, 6.45) is 0.417. The first-order chi connectivity index (χ1) is 13.9. The van der Waals surface area contributed by atoms with E-state index in [9.17, 15) is 9.59 Å². The summed E-state index contributed by atoms with van der Waals surface area (Å²) in [5, 5.41) is 5.83. The largest absolute Gasteiger partial charge is 0.377 e. The summed E-state index contributed by atoms with van der Waals surface area (Å²) in [5.74, 6) is -0.0354. The van der Waals surface area contributed by atoms with Gasteiger partial charge >= 0.3 is 6.03 Å². The van der Waals surface area contributed by atoms with Crippen LogP contribution in [0, 0.1) is 0 Å². The third-order valence-electron chi connectivity index (χ3n) is 4.85. The number of amides is 3. The summed E-state index contributed by atoms with van der Waals surface area (Å²) < 4.78 is 0. The first kappa shape index (κ1) is 22.3. The normalized spacial score (nSPS) is 11.5. The van der Waals surface area contributed by atoms with Crippen LogP contribution >= 0.6 is 0 Å². The van der Waals surface area contributed by atoms with Gasteiger partial charge < -0.3 is 20.4 Å². The fourth-order valence-electron chi connectivity index (χ4n) is 3.21. The van der Waals surface area contributed by atoms with E-state index in [4.69, 9.17) is 0 Å². The Balaban J connectivity index is 2.41. The Labute approximate surface area is 173 Å². The molecule has 2 N–H and O–H groups in total. The number of urea groups is 1. The Bertz CT molecular complexity index is 821. The number of nitrogens with one attached hydrogen (secondary N) is 2. The Morgan fingerprint density at radius 1 is 1.03 bits per heavy atom. The minimum Gasteiger partial charge on any atom is -0.377 e. The van der Waals surface area contributed by atoms with Crippen LogP contribution in [0.3, 0.4) is 0 Å². The third kappa shape index (κ3) is 5.98. The van der Waals surface area contributed by atoms with Gasteiger partial charge in [0.2, 0.25) is 5.91 Å². The van der Waals surface area contributed by atoms with E-state index in [0.29, 0.717) is 19.5 Å². The Morgan fingerprint density at radius 3 is 2.31 bits per heavy atom. The van der Waals surface area contributed by atoms with Crippen molar-refractivity contribution in [3.8, 4) is 0 Å². The minimum atomic E-state index is -0.114. The summed E-state index contributed by atoms with van der Waals surface area (Å²) in [4.78, 5) is 28.6. The lowest BCUT2D eigenvalue weighted by Crippen LogP contribution is -2.41. The lowest BCUT2D eigenvalue weighted by atomic mass is 10.0. The van der Waals surface area contributed by atoms with E-state index in [1.165, 1.54) is 0 Å². The zero-order valence-electron chi connectivity index (χ0n) is 18.0. The monoisotopic (exact) mass is 396 g/mol. The molecule has 1 atom stereocenters. The van der Waals surface area contributed by atoms with Gasteiger partial charge in [-0.15, -0.1) is 0 Å². The second-order valence-corrected chi connectivity index (χ2v) is 7.19. The van der Waals surface area contributed by atoms with Crippen molar-refractivity contribution in [1.29, 1.82) is 0 Å². The van der Waals surface area contributed by atoms with Crippen molar-refractivity contribution >= 4 is 23.3 Å². The van der Waals surface area contributed by atoms with Gasteiger partial charge in [0.25, 0.3) is 0 Å². The molecule has 29 heavy (non-hydrogen) atoms. The summed E-state index contributed by atoms with van der Waals surface area (Å²) in [6, 6.07) is 15.6. The quantitative estimate of drug-likeness (QED) is 0.695. The summed E-state index contributed by atoms with van der Waals surface area (Å²) in [7, 11) is 3.94. The predicted octanol–water partition coefficient (Wildman–Crippen LogP) is 4.39. The highest BCUT2D eigenvalue weighted by molar-refractivity contribution is 5.91. The van der Waals surface area contributed by atoms with Crippen LogP contribution in [0.25, 0.3) is 0 Å². The Morgan fingerprint density at radius 2 is 1.72 bits per heavy atom. The van der Waals surface area contributed by atoms with Gasteiger partial charge in [0.1, 0.15) is 0 Å². The van der Waals surface area contributed by atoms with Gasteiger partial charge in [0.05, 0.1) is 12.6 Å². The van der Waals surface area contributed by atoms with Crippen molar-refractivity contribution in [3.05, 3.63) is 59.7 Å². The SMILES string of the molecule is CCNC(=O)N(Cc1cc(NC(=O)CC)ccc1N(C)C)C(C)c1ccccc1. The smallest absolute Gasteiger partial charge is 0.318 e. The molecule has 2 aromatic rings. The van der Waals surface area contributed by atoms with Crippen molar-refractivity contribution in [2.24, 2.45) is 0 Å². The molecule has 0 aliphatic carbocycles. The number of anilines is 2. The molecule has 156 valence electrons. The molecule has 0 radical (unpaired) electrons. The van der Waals surface area contributed by atoms with Crippen LogP contribution in [0.15, 0.2) is 48.5 Å². The number of carbonyl (C=O) groups excluding carboxylic acids is 2. The molecule has 0 fully saturated rings. The van der Waals surface area contributed by atoms with Gasteiger partial charge in [-0.3, -0.25) is 4.79 Å². The number of rotatable bonds is 8. The molecule has 0 aliphatic heterocycles. The Kier molecular flexibility index (Phi) is 8.07. The topological polar surface area (TPSA) is 64.7 Å². The van der Waals surface area contributed by atoms with E-state index in [-0.39, 0.29) is 18.0 Å². The van der Waals surface area contributed by atoms with E-state index in [0.717, 1.165) is 22.5 Å². The molecule has 1 unspecified atom stereocenters. The zero-order chi connectivity index (χ0) is 21.4. The summed E-state index contributed by atoms with van der Waals surface area (Å²) in [5.41, 5.74) is 3.79. The van der Waals surface area contributed by atoms with Crippen molar-refractivity contribution in [2.45, 2.75) is 39.8 Å². The van der Waals surface area contributed by atoms with Crippen molar-refractivity contribution in [2.75, 3.05) is 30.9 Å². The van der Waals surface area contributed by atoms with E-state index < -0.39 is 0 Å². The molecule has 2 aromatic carbocycles. The van der Waals surface area contributed by atoms with Crippen molar-refractivity contribution in [3.63, 3.8) is 0 Å². The zero-order valence-corrected chi connectivity index (χ0v) is 18.0. The summed E-state index contributed by atoms with van der Waals surface area (Å²) in [6.45, 7) is 6.75. The molecule has 0 saturated carbocycles. The molecular weight excluding hydrogens is 364 g/mol. The van der Waals surface area contributed by atoms with Crippen LogP contribution in [0.4, 0.5) is 16.2 Å². The third-order valence-corrected chi connectivity index (χ3v) is 4.85. The van der Waals surface area contributed by atoms with Gasteiger partial charge in [-0.25, -0.2) is 4.79 Å². The highest BCUT2D eigenvalue weighted by Crippen LogP contribution is 2.28. The molecule has 0 saturated heterocycles. The first-order valence-corrected chi connectivity index (χ1v) is 10.1. The number of carbonyl (C=O) groups is 2. The van der Waals surface area contributed by atoms with Gasteiger partial charge in [0, 0.05) is 38.4 Å². The van der Waals surface area contributed by atoms with Gasteiger partial charge in [-0.05, 0) is 43.2 Å². The standard InChI is InChI=1S/C23H32N4O2/c1-6-22(28)25-20-13-14-21(26(4)5)19(15-20)16-27(23(29)24-7-2)17(3)18-11-9-8-10-12-18/h8-15,17H,6-7,16H2,1-5H3,(H,24,29)(H,25,28). The lowest BCUT2D eigenvalue weighted by molar-refractivity contribution is -0.115. The molecule has 0 aliphatic rings. The first-order valence-electron chi connectivity index (χ1n) is 10.1. The minimum absolute atomic E-state index is 0.0354. The van der Waals surface area contributed by atoms with Gasteiger partial charge in [-0.2, -0.15) is 0 Å². The average Bonchev–Trinajstić information content (AvgIpc) is 2.72. The van der Waals surface area contributed by atoms with Crippen LogP contribution in [0.2, 0.25) is 0 Å². The molecule has 0 heterocycles. The maximum atomic E-state index is 12.9. The van der Waals surface area contributed by atoms with Crippen LogP contribution < -0.4 is 15.5 Å². The predicted molar refractivity (Wildman–Crippen MR) is 119 cm³/mol. The van der Waals surface area contributed by atoms with E-state index in [1.54, 1.807) is 0 Å². The average molecular weight is 397 g/mol. The number of hydrogen-bond donors (Lipinski definition) is 2.